The Morgan fingerprint density at radius 2 is 1.61 bits per heavy atom. The van der Waals surface area contributed by atoms with E-state index in [1.807, 2.05) is 0 Å². The van der Waals surface area contributed by atoms with Gasteiger partial charge in [0.05, 0.1) is 0 Å². The summed E-state index contributed by atoms with van der Waals surface area (Å²) in [5, 5.41) is 5.35. The number of carbonyl (C=O) groups is 2. The van der Waals surface area contributed by atoms with Crippen LogP contribution in [0.25, 0.3) is 0 Å². The summed E-state index contributed by atoms with van der Waals surface area (Å²) in [6, 6.07) is 10.1. The van der Waals surface area contributed by atoms with Crippen molar-refractivity contribution >= 4 is 11.8 Å². The third-order valence-electron chi connectivity index (χ3n) is 3.96. The van der Waals surface area contributed by atoms with E-state index in [-0.39, 0.29) is 23.8 Å². The van der Waals surface area contributed by atoms with E-state index >= 15 is 0 Å². The number of nitrogens with one attached hydrogen (secondary N) is 2. The molecule has 150 valence electrons. The molecule has 0 aromatic heterocycles. The lowest BCUT2D eigenvalue weighted by molar-refractivity contribution is -0.124. The third kappa shape index (κ3) is 6.29. The Bertz CT molecular complexity index is 793. The molecule has 0 saturated carbocycles. The summed E-state index contributed by atoms with van der Waals surface area (Å²) in [7, 11) is 0. The molecule has 0 heterocycles. The van der Waals surface area contributed by atoms with Gasteiger partial charge in [-0.05, 0) is 47.9 Å². The van der Waals surface area contributed by atoms with Gasteiger partial charge in [0.15, 0.2) is 0 Å². The summed E-state index contributed by atoms with van der Waals surface area (Å²) in [6.45, 7) is 0.822. The monoisotopic (exact) mass is 394 g/mol. The molecule has 2 aromatic rings. The van der Waals surface area contributed by atoms with Crippen LogP contribution in [0.15, 0.2) is 48.5 Å². The van der Waals surface area contributed by atoms with Crippen molar-refractivity contribution in [3.8, 4) is 5.75 Å². The fourth-order valence-electron chi connectivity index (χ4n) is 2.45. The molecule has 0 fully saturated rings. The Labute approximate surface area is 160 Å². The van der Waals surface area contributed by atoms with Crippen LogP contribution in [0.5, 0.6) is 5.75 Å². The first-order chi connectivity index (χ1) is 13.3. The molecular weight excluding hydrogens is 373 g/mol. The van der Waals surface area contributed by atoms with Crippen LogP contribution in [-0.4, -0.2) is 24.5 Å². The largest absolute Gasteiger partial charge is 0.435 e. The number of alkyl halides is 2. The molecule has 8 heteroatoms. The highest BCUT2D eigenvalue weighted by Gasteiger charge is 2.24. The Morgan fingerprint density at radius 3 is 2.14 bits per heavy atom. The Morgan fingerprint density at radius 1 is 1.00 bits per heavy atom. The van der Waals surface area contributed by atoms with Gasteiger partial charge in [0, 0.05) is 12.1 Å². The number of amides is 2. The van der Waals surface area contributed by atoms with Crippen LogP contribution >= 0.6 is 0 Å². The summed E-state index contributed by atoms with van der Waals surface area (Å²) >= 11 is 0. The molecule has 2 amide bonds. The molecule has 0 unspecified atom stereocenters. The van der Waals surface area contributed by atoms with Crippen molar-refractivity contribution in [2.24, 2.45) is 5.92 Å². The zero-order valence-corrected chi connectivity index (χ0v) is 15.4. The highest BCUT2D eigenvalue weighted by Crippen LogP contribution is 2.15. The Balaban J connectivity index is 1.95. The number of ether oxygens (including phenoxy) is 1. The van der Waals surface area contributed by atoms with Gasteiger partial charge in [-0.3, -0.25) is 9.59 Å². The van der Waals surface area contributed by atoms with Crippen molar-refractivity contribution in [1.82, 2.24) is 10.6 Å². The minimum atomic E-state index is -2.90. The van der Waals surface area contributed by atoms with Crippen LogP contribution in [0.4, 0.5) is 13.2 Å². The van der Waals surface area contributed by atoms with Gasteiger partial charge in [0.1, 0.15) is 17.6 Å². The van der Waals surface area contributed by atoms with E-state index in [9.17, 15) is 22.8 Å². The fourth-order valence-corrected chi connectivity index (χ4v) is 2.45. The lowest BCUT2D eigenvalue weighted by Gasteiger charge is -2.22. The molecule has 0 aliphatic heterocycles. The number of rotatable bonds is 8. The summed E-state index contributed by atoms with van der Waals surface area (Å²) < 4.78 is 41.6. The van der Waals surface area contributed by atoms with E-state index in [0.717, 1.165) is 0 Å². The van der Waals surface area contributed by atoms with Gasteiger partial charge >= 0.3 is 6.61 Å². The highest BCUT2D eigenvalue weighted by atomic mass is 19.3. The quantitative estimate of drug-likeness (QED) is 0.720. The molecule has 28 heavy (non-hydrogen) atoms. The zero-order chi connectivity index (χ0) is 20.7. The number of halogens is 3. The predicted octanol–water partition coefficient (Wildman–Crippen LogP) is 3.50. The van der Waals surface area contributed by atoms with Gasteiger partial charge < -0.3 is 15.4 Å². The van der Waals surface area contributed by atoms with E-state index in [0.29, 0.717) is 5.56 Å². The maximum atomic E-state index is 13.0. The Hall–Kier alpha value is -3.03. The van der Waals surface area contributed by atoms with Crippen LogP contribution in [0, 0.1) is 11.7 Å². The predicted molar refractivity (Wildman–Crippen MR) is 97.4 cm³/mol. The zero-order valence-electron chi connectivity index (χ0n) is 15.4. The van der Waals surface area contributed by atoms with E-state index in [1.54, 1.807) is 26.0 Å². The van der Waals surface area contributed by atoms with E-state index in [1.165, 1.54) is 36.4 Å². The molecule has 2 rings (SSSR count). The Kier molecular flexibility index (Phi) is 7.43. The first kappa shape index (κ1) is 21.3. The molecule has 2 N–H and O–H groups in total. The molecule has 0 saturated heterocycles. The van der Waals surface area contributed by atoms with Crippen LogP contribution in [0.3, 0.4) is 0 Å². The normalized spacial score (nSPS) is 12.0. The number of benzene rings is 2. The second kappa shape index (κ2) is 9.77. The van der Waals surface area contributed by atoms with Crippen molar-refractivity contribution in [3.05, 3.63) is 65.5 Å². The topological polar surface area (TPSA) is 67.4 Å². The second-order valence-electron chi connectivity index (χ2n) is 6.44. The van der Waals surface area contributed by atoms with Gasteiger partial charge in [0.25, 0.3) is 5.91 Å². The van der Waals surface area contributed by atoms with Crippen LogP contribution in [0.1, 0.15) is 29.8 Å². The van der Waals surface area contributed by atoms with E-state index in [2.05, 4.69) is 15.4 Å². The average molecular weight is 394 g/mol. The molecule has 0 spiro atoms. The number of carbonyl (C=O) groups excluding carboxylic acids is 2. The minimum Gasteiger partial charge on any atom is -0.435 e. The number of hydrogen-bond acceptors (Lipinski definition) is 3. The van der Waals surface area contributed by atoms with Crippen molar-refractivity contribution in [2.45, 2.75) is 33.0 Å². The molecule has 2 aromatic carbocycles. The van der Waals surface area contributed by atoms with Crippen LogP contribution in [0.2, 0.25) is 0 Å². The standard InChI is InChI=1S/C20H21F3N2O3/c1-12(2)17(25-18(26)14-5-7-15(21)8-6-14)19(27)24-11-13-3-9-16(10-4-13)28-20(22)23/h3-10,12,17,20H,11H2,1-2H3,(H,24,27)(H,25,26)/t17-/m0/s1. The van der Waals surface area contributed by atoms with Crippen molar-refractivity contribution in [1.29, 1.82) is 0 Å². The van der Waals surface area contributed by atoms with E-state index in [4.69, 9.17) is 0 Å². The first-order valence-corrected chi connectivity index (χ1v) is 8.64. The van der Waals surface area contributed by atoms with Gasteiger partial charge in [-0.25, -0.2) is 4.39 Å². The lowest BCUT2D eigenvalue weighted by Crippen LogP contribution is -2.49. The van der Waals surface area contributed by atoms with Crippen molar-refractivity contribution in [2.75, 3.05) is 0 Å². The molecule has 0 bridgehead atoms. The molecular formula is C20H21F3N2O3. The SMILES string of the molecule is CC(C)[C@H](NC(=O)c1ccc(F)cc1)C(=O)NCc1ccc(OC(F)F)cc1. The molecule has 0 radical (unpaired) electrons. The maximum Gasteiger partial charge on any atom is 0.387 e. The van der Waals surface area contributed by atoms with Crippen molar-refractivity contribution < 1.29 is 27.5 Å². The fraction of sp³-hybridized carbons (Fsp3) is 0.300. The molecule has 1 atom stereocenters. The second-order valence-corrected chi connectivity index (χ2v) is 6.44. The molecule has 5 nitrogen and oxygen atoms in total. The molecule has 0 aliphatic carbocycles. The van der Waals surface area contributed by atoms with Gasteiger partial charge in [-0.15, -0.1) is 0 Å². The summed E-state index contributed by atoms with van der Waals surface area (Å²) in [6.07, 6.45) is 0. The minimum absolute atomic E-state index is 0.0247. The summed E-state index contributed by atoms with van der Waals surface area (Å²) in [4.78, 5) is 24.8. The van der Waals surface area contributed by atoms with Gasteiger partial charge in [-0.1, -0.05) is 26.0 Å². The third-order valence-corrected chi connectivity index (χ3v) is 3.96. The maximum absolute atomic E-state index is 13.0. The number of hydrogen-bond donors (Lipinski definition) is 2. The smallest absolute Gasteiger partial charge is 0.387 e. The van der Waals surface area contributed by atoms with Crippen molar-refractivity contribution in [3.63, 3.8) is 0 Å². The lowest BCUT2D eigenvalue weighted by atomic mass is 10.0. The van der Waals surface area contributed by atoms with Gasteiger partial charge in [-0.2, -0.15) is 8.78 Å². The molecule has 0 aliphatic rings. The van der Waals surface area contributed by atoms with Gasteiger partial charge in [0.2, 0.25) is 5.91 Å². The van der Waals surface area contributed by atoms with Crippen LogP contribution < -0.4 is 15.4 Å². The summed E-state index contributed by atoms with van der Waals surface area (Å²) in [5.41, 5.74) is 0.928. The first-order valence-electron chi connectivity index (χ1n) is 8.64. The average Bonchev–Trinajstić information content (AvgIpc) is 2.65. The summed E-state index contributed by atoms with van der Waals surface area (Å²) in [5.74, 6) is -1.50. The van der Waals surface area contributed by atoms with E-state index < -0.39 is 30.3 Å². The highest BCUT2D eigenvalue weighted by molar-refractivity contribution is 5.97. The van der Waals surface area contributed by atoms with Crippen LogP contribution in [-0.2, 0) is 11.3 Å².